The van der Waals surface area contributed by atoms with Gasteiger partial charge in [-0.3, -0.25) is 4.79 Å². The number of likely N-dealkylation sites (tertiary alicyclic amines) is 1. The predicted octanol–water partition coefficient (Wildman–Crippen LogP) is 6.07. The minimum atomic E-state index is -4.79. The molecule has 1 aliphatic rings. The van der Waals surface area contributed by atoms with Gasteiger partial charge in [-0.2, -0.15) is 13.2 Å². The summed E-state index contributed by atoms with van der Waals surface area (Å²) in [7, 11) is 3.34. The van der Waals surface area contributed by atoms with E-state index in [2.05, 4.69) is 15.2 Å². The molecule has 0 atom stereocenters. The van der Waals surface area contributed by atoms with Crippen LogP contribution < -0.4 is 19.5 Å². The second-order valence-corrected chi connectivity index (χ2v) is 9.02. The van der Waals surface area contributed by atoms with E-state index in [1.165, 1.54) is 37.6 Å². The summed E-state index contributed by atoms with van der Waals surface area (Å²) < 4.78 is 72.8. The van der Waals surface area contributed by atoms with Crippen LogP contribution in [0.25, 0.3) is 0 Å². The number of ether oxygens (including phenoxy) is 3. The molecular formula is C27H27F4N3O4. The van der Waals surface area contributed by atoms with Crippen LogP contribution in [-0.2, 0) is 6.18 Å². The zero-order valence-electron chi connectivity index (χ0n) is 21.1. The molecule has 1 aromatic heterocycles. The van der Waals surface area contributed by atoms with Gasteiger partial charge in [0, 0.05) is 31.0 Å². The number of alkyl halides is 3. The summed E-state index contributed by atoms with van der Waals surface area (Å²) in [5, 5.41) is 2.64. The van der Waals surface area contributed by atoms with Crippen molar-refractivity contribution in [3.63, 3.8) is 0 Å². The average molecular weight is 534 g/mol. The number of pyridine rings is 1. The van der Waals surface area contributed by atoms with Crippen LogP contribution >= 0.6 is 0 Å². The maximum atomic E-state index is 14.2. The first-order valence-electron chi connectivity index (χ1n) is 11.9. The zero-order valence-corrected chi connectivity index (χ0v) is 21.1. The number of aromatic nitrogens is 1. The van der Waals surface area contributed by atoms with Gasteiger partial charge in [-0.05, 0) is 68.8 Å². The Bertz CT molecular complexity index is 1310. The number of rotatable bonds is 7. The van der Waals surface area contributed by atoms with Crippen molar-refractivity contribution in [2.45, 2.75) is 32.0 Å². The number of anilines is 1. The van der Waals surface area contributed by atoms with Crippen molar-refractivity contribution in [3.05, 3.63) is 71.2 Å². The molecule has 2 aromatic carbocycles. The molecule has 0 bridgehead atoms. The fourth-order valence-corrected chi connectivity index (χ4v) is 4.07. The van der Waals surface area contributed by atoms with E-state index < -0.39 is 35.3 Å². The van der Waals surface area contributed by atoms with Crippen molar-refractivity contribution in [2.24, 2.45) is 0 Å². The topological polar surface area (TPSA) is 72.9 Å². The molecule has 0 radical (unpaired) electrons. The lowest BCUT2D eigenvalue weighted by molar-refractivity contribution is -0.139. The highest BCUT2D eigenvalue weighted by molar-refractivity contribution is 6.06. The summed E-state index contributed by atoms with van der Waals surface area (Å²) in [4.78, 5) is 19.4. The summed E-state index contributed by atoms with van der Waals surface area (Å²) in [5.74, 6) is -1.76. The van der Waals surface area contributed by atoms with Gasteiger partial charge in [0.15, 0.2) is 0 Å². The molecule has 1 aliphatic heterocycles. The maximum absolute atomic E-state index is 14.2. The van der Waals surface area contributed by atoms with Gasteiger partial charge >= 0.3 is 6.18 Å². The summed E-state index contributed by atoms with van der Waals surface area (Å²) in [5.41, 5.74) is -0.618. The van der Waals surface area contributed by atoms with Crippen LogP contribution in [-0.4, -0.2) is 49.1 Å². The van der Waals surface area contributed by atoms with Crippen LogP contribution in [0.5, 0.6) is 23.1 Å². The van der Waals surface area contributed by atoms with Crippen LogP contribution in [0.2, 0.25) is 0 Å². The maximum Gasteiger partial charge on any atom is 0.420 e. The number of nitrogens with one attached hydrogen (secondary N) is 1. The third-order valence-electron chi connectivity index (χ3n) is 6.15. The Morgan fingerprint density at radius 1 is 1.05 bits per heavy atom. The van der Waals surface area contributed by atoms with Gasteiger partial charge in [-0.25, -0.2) is 9.37 Å². The Balaban J connectivity index is 1.77. The minimum Gasteiger partial charge on any atom is -0.490 e. The second-order valence-electron chi connectivity index (χ2n) is 9.02. The van der Waals surface area contributed by atoms with Crippen molar-refractivity contribution in [1.29, 1.82) is 0 Å². The van der Waals surface area contributed by atoms with E-state index in [1.54, 1.807) is 6.92 Å². The van der Waals surface area contributed by atoms with Crippen molar-refractivity contribution in [1.82, 2.24) is 9.88 Å². The van der Waals surface area contributed by atoms with Gasteiger partial charge in [0.05, 0.1) is 12.7 Å². The number of aryl methyl sites for hydroxylation is 1. The van der Waals surface area contributed by atoms with Gasteiger partial charge in [-0.15, -0.1) is 0 Å². The number of benzene rings is 2. The van der Waals surface area contributed by atoms with E-state index in [1.807, 2.05) is 7.05 Å². The molecule has 1 saturated heterocycles. The molecule has 1 fully saturated rings. The van der Waals surface area contributed by atoms with E-state index in [9.17, 15) is 22.4 Å². The first-order chi connectivity index (χ1) is 18.0. The first-order valence-corrected chi connectivity index (χ1v) is 11.9. The van der Waals surface area contributed by atoms with Gasteiger partial charge in [-0.1, -0.05) is 0 Å². The number of hydrogen-bond acceptors (Lipinski definition) is 6. The molecule has 1 N–H and O–H groups in total. The fraction of sp³-hybridized carbons (Fsp3) is 0.333. The molecule has 1 amide bonds. The highest BCUT2D eigenvalue weighted by atomic mass is 19.4. The first kappa shape index (κ1) is 27.2. The van der Waals surface area contributed by atoms with E-state index in [-0.39, 0.29) is 22.9 Å². The zero-order chi connectivity index (χ0) is 27.4. The number of nitrogens with zero attached hydrogens (tertiary/aromatic N) is 2. The minimum absolute atomic E-state index is 0.100. The standard InChI is InChI=1S/C27H27F4N3O4/c1-16-12-17(28)4-5-22(16)38-23-15-21(27(29,30)31)24(37-19-7-10-34(2)11-8-19)14-20(23)26(35)33-18-6-9-32-25(13-18)36-3/h4-6,9,12-15,19H,7-8,10-11H2,1-3H3,(H,32,33,35). The van der Waals surface area contributed by atoms with Crippen LogP contribution in [0.15, 0.2) is 48.7 Å². The van der Waals surface area contributed by atoms with Crippen LogP contribution in [0.4, 0.5) is 23.2 Å². The normalized spacial score (nSPS) is 14.7. The number of hydrogen-bond donors (Lipinski definition) is 1. The van der Waals surface area contributed by atoms with Gasteiger partial charge < -0.3 is 24.4 Å². The highest BCUT2D eigenvalue weighted by Gasteiger charge is 2.37. The molecule has 38 heavy (non-hydrogen) atoms. The molecule has 4 rings (SSSR count). The lowest BCUT2D eigenvalue weighted by Gasteiger charge is -2.30. The quantitative estimate of drug-likeness (QED) is 0.372. The van der Waals surface area contributed by atoms with E-state index in [0.29, 0.717) is 37.2 Å². The SMILES string of the molecule is COc1cc(NC(=O)c2cc(OC3CCN(C)CC3)c(C(F)(F)F)cc2Oc2ccc(F)cc2C)ccn1. The predicted molar refractivity (Wildman–Crippen MR) is 133 cm³/mol. The lowest BCUT2D eigenvalue weighted by Crippen LogP contribution is -2.36. The third kappa shape index (κ3) is 6.52. The number of carbonyl (C=O) groups is 1. The molecule has 3 aromatic rings. The Morgan fingerprint density at radius 2 is 1.79 bits per heavy atom. The van der Waals surface area contributed by atoms with Gasteiger partial charge in [0.2, 0.25) is 5.88 Å². The molecule has 7 nitrogen and oxygen atoms in total. The van der Waals surface area contributed by atoms with E-state index in [4.69, 9.17) is 14.2 Å². The summed E-state index contributed by atoms with van der Waals surface area (Å²) in [6.07, 6.45) is -2.74. The second kappa shape index (κ2) is 11.3. The molecule has 202 valence electrons. The van der Waals surface area contributed by atoms with Crippen LogP contribution in [0.3, 0.4) is 0 Å². The number of amides is 1. The molecule has 11 heteroatoms. The fourth-order valence-electron chi connectivity index (χ4n) is 4.07. The van der Waals surface area contributed by atoms with Crippen molar-refractivity contribution >= 4 is 11.6 Å². The number of halogens is 4. The van der Waals surface area contributed by atoms with Crippen molar-refractivity contribution in [3.8, 4) is 23.1 Å². The van der Waals surface area contributed by atoms with E-state index >= 15 is 0 Å². The molecule has 2 heterocycles. The molecule has 0 saturated carbocycles. The van der Waals surface area contributed by atoms with Crippen LogP contribution in [0.1, 0.15) is 34.3 Å². The Labute approximate surface area is 217 Å². The van der Waals surface area contributed by atoms with Crippen molar-refractivity contribution in [2.75, 3.05) is 32.6 Å². The molecule has 0 unspecified atom stereocenters. The largest absolute Gasteiger partial charge is 0.490 e. The average Bonchev–Trinajstić information content (AvgIpc) is 2.87. The lowest BCUT2D eigenvalue weighted by atomic mass is 10.1. The summed E-state index contributed by atoms with van der Waals surface area (Å²) in [6, 6.07) is 8.34. The number of carbonyl (C=O) groups excluding carboxylic acids is 1. The summed E-state index contributed by atoms with van der Waals surface area (Å²) in [6.45, 7) is 2.90. The molecule has 0 spiro atoms. The third-order valence-corrected chi connectivity index (χ3v) is 6.15. The number of piperidine rings is 1. The van der Waals surface area contributed by atoms with Crippen LogP contribution in [0, 0.1) is 12.7 Å². The number of methoxy groups -OCH3 is 1. The monoisotopic (exact) mass is 533 g/mol. The highest BCUT2D eigenvalue weighted by Crippen LogP contribution is 2.42. The Kier molecular flexibility index (Phi) is 8.05. The Hall–Kier alpha value is -3.86. The smallest absolute Gasteiger partial charge is 0.420 e. The molecular weight excluding hydrogens is 506 g/mol. The Morgan fingerprint density at radius 3 is 2.45 bits per heavy atom. The van der Waals surface area contributed by atoms with Gasteiger partial charge in [0.25, 0.3) is 5.91 Å². The molecule has 0 aliphatic carbocycles. The summed E-state index contributed by atoms with van der Waals surface area (Å²) >= 11 is 0. The van der Waals surface area contributed by atoms with E-state index in [0.717, 1.165) is 18.2 Å². The van der Waals surface area contributed by atoms with Gasteiger partial charge in [0.1, 0.15) is 34.7 Å². The van der Waals surface area contributed by atoms with Crippen molar-refractivity contribution < 1.29 is 36.6 Å².